The Balaban J connectivity index is 0.000000534. The zero-order chi connectivity index (χ0) is 17.2. The summed E-state index contributed by atoms with van der Waals surface area (Å²) in [6.07, 6.45) is 1.02. The highest BCUT2D eigenvalue weighted by atomic mass is 35.5. The van der Waals surface area contributed by atoms with Crippen LogP contribution in [-0.4, -0.2) is 25.3 Å². The third-order valence-corrected chi connectivity index (χ3v) is 3.21. The van der Waals surface area contributed by atoms with Gasteiger partial charge in [0.2, 0.25) is 0 Å². The number of carbonyl (C=O) groups is 1. The van der Waals surface area contributed by atoms with Crippen LogP contribution in [-0.2, 0) is 29.8 Å². The Morgan fingerprint density at radius 3 is 2.18 bits per heavy atom. The third kappa shape index (κ3) is 10.4. The summed E-state index contributed by atoms with van der Waals surface area (Å²) in [5.41, 5.74) is 0.844. The van der Waals surface area contributed by atoms with E-state index in [0.29, 0.717) is 5.02 Å². The van der Waals surface area contributed by atoms with Crippen LogP contribution in [0.4, 0.5) is 0 Å². The van der Waals surface area contributed by atoms with Gasteiger partial charge in [-0.25, -0.2) is 4.79 Å². The normalized spacial score (nSPS) is 11.4. The van der Waals surface area contributed by atoms with Gasteiger partial charge in [0, 0.05) is 19.2 Å². The second-order valence-corrected chi connectivity index (χ2v) is 5.89. The number of rotatable bonds is 5. The van der Waals surface area contributed by atoms with Crippen molar-refractivity contribution in [2.75, 3.05) is 14.2 Å². The molecule has 1 aromatic carbocycles. The molecule has 0 atom stereocenters. The molecule has 0 saturated heterocycles. The number of ether oxygens (including phenoxy) is 1. The smallest absolute Gasteiger partial charge is 0.334 e. The van der Waals surface area contributed by atoms with Gasteiger partial charge in [-0.05, 0) is 24.6 Å². The Kier molecular flexibility index (Phi) is 9.73. The number of aliphatic hydroxyl groups is 1. The van der Waals surface area contributed by atoms with Crippen molar-refractivity contribution in [3.05, 3.63) is 46.7 Å². The maximum Gasteiger partial charge on any atom is 0.334 e. The van der Waals surface area contributed by atoms with Crippen molar-refractivity contribution in [1.29, 1.82) is 0 Å². The van der Waals surface area contributed by atoms with Crippen LogP contribution in [0.15, 0.2) is 36.1 Å². The van der Waals surface area contributed by atoms with Crippen LogP contribution < -0.4 is 4.89 Å². The Bertz CT molecular complexity index is 530. The molecule has 1 rings (SSSR count). The monoisotopic (exact) mass is 351 g/mol. The number of phosphoric ester groups is 1. The lowest BCUT2D eigenvalue weighted by Gasteiger charge is -2.16. The molecular weight excluding hydrogens is 335 g/mol. The third-order valence-electron chi connectivity index (χ3n) is 2.07. The van der Waals surface area contributed by atoms with Gasteiger partial charge in [0.25, 0.3) is 7.82 Å². The van der Waals surface area contributed by atoms with Crippen LogP contribution in [0.25, 0.3) is 0 Å². The molecule has 0 bridgehead atoms. The van der Waals surface area contributed by atoms with Gasteiger partial charge in [0.1, 0.15) is 6.61 Å². The lowest BCUT2D eigenvalue weighted by Crippen LogP contribution is -2.02. The molecule has 0 spiro atoms. The van der Waals surface area contributed by atoms with Gasteiger partial charge in [-0.1, -0.05) is 23.7 Å². The standard InChI is InChI=1S/C11H11ClO3.C2H7O4P/c1-8(13)6-11(14)15-7-9-2-4-10(12)5-3-9;1-5-7(3,4)6-2/h2-6,13H,7H2,1H3;1-2H3,(H,3,4)/p-1/b8-6-;. The van der Waals surface area contributed by atoms with E-state index in [0.717, 1.165) is 25.9 Å². The van der Waals surface area contributed by atoms with Crippen molar-refractivity contribution in [2.45, 2.75) is 13.5 Å². The van der Waals surface area contributed by atoms with Crippen molar-refractivity contribution >= 4 is 25.4 Å². The SMILES string of the molecule is C/C(O)=C/C(=O)OCc1ccc(Cl)cc1.COP(=O)([O-])OC. The van der Waals surface area contributed by atoms with E-state index in [9.17, 15) is 14.3 Å². The molecule has 124 valence electrons. The molecule has 0 fully saturated rings. The van der Waals surface area contributed by atoms with Crippen LogP contribution in [0, 0.1) is 0 Å². The molecule has 0 unspecified atom stereocenters. The highest BCUT2D eigenvalue weighted by Crippen LogP contribution is 2.34. The van der Waals surface area contributed by atoms with Crippen molar-refractivity contribution < 1.29 is 33.1 Å². The molecule has 0 saturated carbocycles. The van der Waals surface area contributed by atoms with Crippen LogP contribution in [0.3, 0.4) is 0 Å². The molecule has 0 heterocycles. The number of halogens is 1. The van der Waals surface area contributed by atoms with Crippen LogP contribution in [0.5, 0.6) is 0 Å². The summed E-state index contributed by atoms with van der Waals surface area (Å²) in [6, 6.07) is 6.98. The Morgan fingerprint density at radius 1 is 1.32 bits per heavy atom. The van der Waals surface area contributed by atoms with Crippen LogP contribution in [0.1, 0.15) is 12.5 Å². The van der Waals surface area contributed by atoms with E-state index in [1.165, 1.54) is 6.92 Å². The topological polar surface area (TPSA) is 105 Å². The molecule has 0 amide bonds. The quantitative estimate of drug-likeness (QED) is 0.376. The van der Waals surface area contributed by atoms with E-state index in [1.807, 2.05) is 0 Å². The number of hydrogen-bond donors (Lipinski definition) is 1. The number of allylic oxidation sites excluding steroid dienone is 1. The summed E-state index contributed by atoms with van der Waals surface area (Å²) in [5.74, 6) is -0.638. The molecular formula is C13H17ClO7P-. The number of phosphoric acid groups is 1. The molecule has 0 radical (unpaired) electrons. The van der Waals surface area contributed by atoms with E-state index in [4.69, 9.17) is 21.4 Å². The van der Waals surface area contributed by atoms with Gasteiger partial charge in [0.05, 0.1) is 11.8 Å². The van der Waals surface area contributed by atoms with Gasteiger partial charge in [-0.15, -0.1) is 0 Å². The Morgan fingerprint density at radius 2 is 1.82 bits per heavy atom. The number of hydrogen-bond acceptors (Lipinski definition) is 7. The Hall–Kier alpha value is -1.37. The summed E-state index contributed by atoms with van der Waals surface area (Å²) in [6.45, 7) is 1.57. The maximum absolute atomic E-state index is 11.0. The highest BCUT2D eigenvalue weighted by molar-refractivity contribution is 7.45. The zero-order valence-electron chi connectivity index (χ0n) is 12.3. The molecule has 0 aliphatic carbocycles. The fraction of sp³-hybridized carbons (Fsp3) is 0.308. The number of carbonyl (C=O) groups excluding carboxylic acids is 1. The van der Waals surface area contributed by atoms with Crippen molar-refractivity contribution in [1.82, 2.24) is 0 Å². The molecule has 1 N–H and O–H groups in total. The van der Waals surface area contributed by atoms with Gasteiger partial charge >= 0.3 is 5.97 Å². The predicted molar refractivity (Wildman–Crippen MR) is 79.3 cm³/mol. The minimum absolute atomic E-state index is 0.0730. The molecule has 0 aliphatic rings. The summed E-state index contributed by atoms with van der Waals surface area (Å²) in [5, 5.41) is 9.43. The lowest BCUT2D eigenvalue weighted by atomic mass is 10.2. The molecule has 9 heteroatoms. The van der Waals surface area contributed by atoms with Gasteiger partial charge in [-0.2, -0.15) is 0 Å². The van der Waals surface area contributed by atoms with E-state index in [2.05, 4.69) is 9.05 Å². The van der Waals surface area contributed by atoms with Crippen molar-refractivity contribution in [2.24, 2.45) is 0 Å². The molecule has 7 nitrogen and oxygen atoms in total. The first-order valence-electron chi connectivity index (χ1n) is 5.91. The van der Waals surface area contributed by atoms with Crippen LogP contribution >= 0.6 is 19.4 Å². The van der Waals surface area contributed by atoms with Gasteiger partial charge < -0.3 is 23.8 Å². The van der Waals surface area contributed by atoms with Gasteiger partial charge in [0.15, 0.2) is 0 Å². The second-order valence-electron chi connectivity index (χ2n) is 3.83. The highest BCUT2D eigenvalue weighted by Gasteiger charge is 2.00. The largest absolute Gasteiger partial charge is 0.756 e. The summed E-state index contributed by atoms with van der Waals surface area (Å²) >= 11 is 5.69. The first kappa shape index (κ1) is 20.6. The number of aliphatic hydroxyl groups excluding tert-OH is 1. The zero-order valence-corrected chi connectivity index (χ0v) is 14.0. The minimum atomic E-state index is -3.90. The first-order chi connectivity index (χ1) is 10.2. The molecule has 0 aromatic heterocycles. The number of benzene rings is 1. The molecule has 0 aliphatic heterocycles. The van der Waals surface area contributed by atoms with E-state index < -0.39 is 13.8 Å². The summed E-state index contributed by atoms with van der Waals surface area (Å²) in [7, 11) is -1.83. The lowest BCUT2D eigenvalue weighted by molar-refractivity contribution is -0.220. The fourth-order valence-electron chi connectivity index (χ4n) is 1.02. The summed E-state index contributed by atoms with van der Waals surface area (Å²) in [4.78, 5) is 21.0. The van der Waals surface area contributed by atoms with Gasteiger partial charge in [-0.3, -0.25) is 4.57 Å². The first-order valence-corrected chi connectivity index (χ1v) is 7.75. The van der Waals surface area contributed by atoms with Crippen molar-refractivity contribution in [3.63, 3.8) is 0 Å². The van der Waals surface area contributed by atoms with E-state index in [1.54, 1.807) is 24.3 Å². The van der Waals surface area contributed by atoms with E-state index in [-0.39, 0.29) is 12.4 Å². The average molecular weight is 352 g/mol. The predicted octanol–water partition coefficient (Wildman–Crippen LogP) is 2.59. The van der Waals surface area contributed by atoms with E-state index >= 15 is 0 Å². The molecule has 1 aromatic rings. The average Bonchev–Trinajstić information content (AvgIpc) is 2.47. The minimum Gasteiger partial charge on any atom is -0.756 e. The van der Waals surface area contributed by atoms with Crippen molar-refractivity contribution in [3.8, 4) is 0 Å². The van der Waals surface area contributed by atoms with Crippen LogP contribution in [0.2, 0.25) is 5.02 Å². The number of esters is 1. The second kappa shape index (κ2) is 10.4. The fourth-order valence-corrected chi connectivity index (χ4v) is 1.30. The Labute approximate surface area is 133 Å². The molecule has 22 heavy (non-hydrogen) atoms. The summed E-state index contributed by atoms with van der Waals surface area (Å²) < 4.78 is 22.5. The maximum atomic E-state index is 11.0.